The van der Waals surface area contributed by atoms with Crippen LogP contribution in [0.4, 0.5) is 5.13 Å². The third-order valence-corrected chi connectivity index (χ3v) is 7.15. The van der Waals surface area contributed by atoms with Gasteiger partial charge in [0, 0.05) is 10.6 Å². The van der Waals surface area contributed by atoms with Crippen LogP contribution in [-0.4, -0.2) is 34.7 Å². The van der Waals surface area contributed by atoms with Crippen LogP contribution in [0.2, 0.25) is 10.0 Å². The SMILES string of the molecule is O=C(Nc1nnc(S(=O)(=O)NCc2nc(-c3ccc(Cl)cc3)no2)s1)c1ccccc1Cl. The van der Waals surface area contributed by atoms with Gasteiger partial charge in [0.05, 0.1) is 17.1 Å². The van der Waals surface area contributed by atoms with Gasteiger partial charge in [-0.3, -0.25) is 10.1 Å². The van der Waals surface area contributed by atoms with E-state index in [1.807, 2.05) is 0 Å². The second-order valence-corrected chi connectivity index (χ2v) is 9.91. The number of amides is 1. The minimum atomic E-state index is -4.03. The van der Waals surface area contributed by atoms with Crippen LogP contribution in [0.1, 0.15) is 16.2 Å². The zero-order chi connectivity index (χ0) is 22.7. The highest BCUT2D eigenvalue weighted by Crippen LogP contribution is 2.23. The number of sulfonamides is 1. The smallest absolute Gasteiger partial charge is 0.270 e. The molecule has 0 aliphatic heterocycles. The average Bonchev–Trinajstić information content (AvgIpc) is 3.43. The summed E-state index contributed by atoms with van der Waals surface area (Å²) in [7, 11) is -4.03. The van der Waals surface area contributed by atoms with Crippen molar-refractivity contribution in [3.05, 3.63) is 70.0 Å². The Labute approximate surface area is 195 Å². The molecule has 0 fully saturated rings. The van der Waals surface area contributed by atoms with Gasteiger partial charge in [-0.05, 0) is 36.4 Å². The van der Waals surface area contributed by atoms with Gasteiger partial charge in [0.25, 0.3) is 15.9 Å². The van der Waals surface area contributed by atoms with Crippen LogP contribution < -0.4 is 10.0 Å². The first-order valence-electron chi connectivity index (χ1n) is 8.79. The predicted molar refractivity (Wildman–Crippen MR) is 118 cm³/mol. The molecule has 0 aliphatic rings. The van der Waals surface area contributed by atoms with Crippen LogP contribution in [-0.2, 0) is 16.6 Å². The molecule has 0 bridgehead atoms. The van der Waals surface area contributed by atoms with Crippen molar-refractivity contribution in [1.82, 2.24) is 25.1 Å². The fourth-order valence-electron chi connectivity index (χ4n) is 2.44. The third kappa shape index (κ3) is 5.11. The minimum absolute atomic E-state index is 0.00175. The summed E-state index contributed by atoms with van der Waals surface area (Å²) in [5, 5.41) is 14.4. The molecule has 0 unspecified atom stereocenters. The Kier molecular flexibility index (Phi) is 6.48. The Morgan fingerprint density at radius 2 is 1.81 bits per heavy atom. The Balaban J connectivity index is 1.40. The lowest BCUT2D eigenvalue weighted by atomic mass is 10.2. The molecule has 0 radical (unpaired) electrons. The van der Waals surface area contributed by atoms with E-state index >= 15 is 0 Å². The van der Waals surface area contributed by atoms with Crippen LogP contribution in [0.25, 0.3) is 11.4 Å². The summed E-state index contributed by atoms with van der Waals surface area (Å²) in [5.41, 5.74) is 0.884. The average molecular weight is 511 g/mol. The standard InChI is InChI=1S/C18H12Cl2N6O4S2/c19-11-7-5-10(6-8-11)15-22-14(30-26-15)9-21-32(28,29)18-25-24-17(31-18)23-16(27)12-3-1-2-4-13(12)20/h1-8,21H,9H2,(H,23,24,27). The largest absolute Gasteiger partial charge is 0.338 e. The predicted octanol–water partition coefficient (Wildman–Crippen LogP) is 3.63. The van der Waals surface area contributed by atoms with Crippen molar-refractivity contribution in [3.8, 4) is 11.4 Å². The maximum atomic E-state index is 12.5. The van der Waals surface area contributed by atoms with Crippen LogP contribution in [0.5, 0.6) is 0 Å². The molecule has 32 heavy (non-hydrogen) atoms. The number of rotatable bonds is 7. The Hall–Kier alpha value is -2.90. The van der Waals surface area contributed by atoms with Crippen LogP contribution in [0.3, 0.4) is 0 Å². The highest BCUT2D eigenvalue weighted by Gasteiger charge is 2.22. The van der Waals surface area contributed by atoms with Gasteiger partial charge in [-0.2, -0.15) is 9.71 Å². The van der Waals surface area contributed by atoms with Crippen molar-refractivity contribution >= 4 is 55.6 Å². The van der Waals surface area contributed by atoms with Crippen LogP contribution in [0, 0.1) is 0 Å². The van der Waals surface area contributed by atoms with Crippen molar-refractivity contribution in [1.29, 1.82) is 0 Å². The molecule has 164 valence electrons. The summed E-state index contributed by atoms with van der Waals surface area (Å²) >= 11 is 12.5. The second kappa shape index (κ2) is 9.30. The molecule has 2 heterocycles. The maximum absolute atomic E-state index is 12.5. The third-order valence-electron chi connectivity index (χ3n) is 3.96. The molecule has 4 rings (SSSR count). The molecule has 2 N–H and O–H groups in total. The first kappa shape index (κ1) is 22.3. The molecular formula is C18H12Cl2N6O4S2. The van der Waals surface area contributed by atoms with E-state index in [0.29, 0.717) is 21.9 Å². The highest BCUT2D eigenvalue weighted by molar-refractivity contribution is 7.91. The highest BCUT2D eigenvalue weighted by atomic mass is 35.5. The van der Waals surface area contributed by atoms with Gasteiger partial charge in [0.1, 0.15) is 0 Å². The molecule has 2 aromatic heterocycles. The number of benzene rings is 2. The van der Waals surface area contributed by atoms with E-state index in [9.17, 15) is 13.2 Å². The Morgan fingerprint density at radius 3 is 2.56 bits per heavy atom. The summed E-state index contributed by atoms with van der Waals surface area (Å²) in [4.78, 5) is 16.4. The summed E-state index contributed by atoms with van der Waals surface area (Å²) < 4.78 is 32.0. The van der Waals surface area contributed by atoms with Gasteiger partial charge in [-0.15, -0.1) is 10.2 Å². The fourth-order valence-corrected chi connectivity index (χ4v) is 4.70. The summed E-state index contributed by atoms with van der Waals surface area (Å²) in [6.07, 6.45) is 0. The van der Waals surface area contributed by atoms with Crippen LogP contribution >= 0.6 is 34.5 Å². The zero-order valence-corrected chi connectivity index (χ0v) is 19.0. The van der Waals surface area contributed by atoms with Gasteiger partial charge in [0.15, 0.2) is 0 Å². The van der Waals surface area contributed by atoms with Gasteiger partial charge in [0.2, 0.25) is 21.2 Å². The first-order chi connectivity index (χ1) is 15.3. The number of aromatic nitrogens is 4. The zero-order valence-electron chi connectivity index (χ0n) is 15.8. The normalized spacial score (nSPS) is 11.4. The maximum Gasteiger partial charge on any atom is 0.270 e. The van der Waals surface area contributed by atoms with Gasteiger partial charge in [-0.25, -0.2) is 8.42 Å². The Morgan fingerprint density at radius 1 is 1.06 bits per heavy atom. The van der Waals surface area contributed by atoms with Gasteiger partial charge in [-0.1, -0.05) is 51.8 Å². The summed E-state index contributed by atoms with van der Waals surface area (Å²) in [6, 6.07) is 13.2. The van der Waals surface area contributed by atoms with Crippen molar-refractivity contribution in [2.75, 3.05) is 5.32 Å². The quantitative estimate of drug-likeness (QED) is 0.359. The summed E-state index contributed by atoms with van der Waals surface area (Å²) in [6.45, 7) is -0.260. The van der Waals surface area contributed by atoms with E-state index in [0.717, 1.165) is 0 Å². The first-order valence-corrected chi connectivity index (χ1v) is 11.8. The molecule has 10 nitrogen and oxygen atoms in total. The minimum Gasteiger partial charge on any atom is -0.338 e. The number of carbonyl (C=O) groups excluding carboxylic acids is 1. The molecule has 1 amide bonds. The van der Waals surface area contributed by atoms with Crippen molar-refractivity contribution in [2.45, 2.75) is 10.9 Å². The molecule has 0 saturated heterocycles. The van der Waals surface area contributed by atoms with Gasteiger partial charge >= 0.3 is 0 Å². The lowest BCUT2D eigenvalue weighted by molar-refractivity contribution is 0.102. The number of nitrogens with one attached hydrogen (secondary N) is 2. The topological polar surface area (TPSA) is 140 Å². The van der Waals surface area contributed by atoms with Crippen LogP contribution in [0.15, 0.2) is 57.4 Å². The van der Waals surface area contributed by atoms with E-state index in [2.05, 4.69) is 30.4 Å². The number of halogens is 2. The fraction of sp³-hybridized carbons (Fsp3) is 0.0556. The molecule has 14 heteroatoms. The molecule has 0 aliphatic carbocycles. The number of hydrogen-bond acceptors (Lipinski definition) is 9. The lowest BCUT2D eigenvalue weighted by Crippen LogP contribution is -2.23. The van der Waals surface area contributed by atoms with Crippen molar-refractivity contribution in [3.63, 3.8) is 0 Å². The lowest BCUT2D eigenvalue weighted by Gasteiger charge is -2.02. The Bertz CT molecular complexity index is 1370. The molecular weight excluding hydrogens is 499 g/mol. The van der Waals surface area contributed by atoms with Crippen molar-refractivity contribution in [2.24, 2.45) is 0 Å². The number of hydrogen-bond donors (Lipinski definition) is 2. The van der Waals surface area contributed by atoms with Crippen molar-refractivity contribution < 1.29 is 17.7 Å². The number of anilines is 1. The van der Waals surface area contributed by atoms with E-state index < -0.39 is 15.9 Å². The molecule has 2 aromatic carbocycles. The van der Waals surface area contributed by atoms with E-state index in [1.165, 1.54) is 6.07 Å². The number of carbonyl (C=O) groups is 1. The molecule has 4 aromatic rings. The summed E-state index contributed by atoms with van der Waals surface area (Å²) in [5.74, 6) is -0.198. The molecule has 0 atom stereocenters. The van der Waals surface area contributed by atoms with Gasteiger partial charge < -0.3 is 4.52 Å². The van der Waals surface area contributed by atoms with E-state index in [1.54, 1.807) is 42.5 Å². The van der Waals surface area contributed by atoms with E-state index in [-0.39, 0.29) is 38.3 Å². The van der Waals surface area contributed by atoms with E-state index in [4.69, 9.17) is 27.7 Å². The molecule has 0 spiro atoms. The number of nitrogens with zero attached hydrogens (tertiary/aromatic N) is 4. The monoisotopic (exact) mass is 510 g/mol. The second-order valence-electron chi connectivity index (χ2n) is 6.15. The molecule has 0 saturated carbocycles.